The molecule has 0 amide bonds. The van der Waals surface area contributed by atoms with E-state index in [0.29, 0.717) is 17.6 Å². The predicted octanol–water partition coefficient (Wildman–Crippen LogP) is 3.88. The molecule has 2 heteroatoms. The van der Waals surface area contributed by atoms with Crippen LogP contribution in [-0.2, 0) is 5.41 Å². The number of hydrogen-bond acceptors (Lipinski definition) is 2. The zero-order valence-corrected chi connectivity index (χ0v) is 10.6. The van der Waals surface area contributed by atoms with Crippen molar-refractivity contribution in [3.05, 3.63) is 21.9 Å². The maximum atomic E-state index is 12.0. The predicted molar refractivity (Wildman–Crippen MR) is 64.6 cm³/mol. The summed E-state index contributed by atoms with van der Waals surface area (Å²) in [5.41, 5.74) is 0.165. The van der Waals surface area contributed by atoms with Crippen molar-refractivity contribution in [3.63, 3.8) is 0 Å². The zero-order valence-electron chi connectivity index (χ0n) is 9.83. The first-order valence-electron chi connectivity index (χ1n) is 5.54. The third-order valence-electron chi connectivity index (χ3n) is 3.03. The number of rotatable bonds is 2. The summed E-state index contributed by atoms with van der Waals surface area (Å²) in [6, 6.07) is 4.10. The highest BCUT2D eigenvalue weighted by molar-refractivity contribution is 7.14. The average molecular weight is 222 g/mol. The summed E-state index contributed by atoms with van der Waals surface area (Å²) in [5.74, 6) is 1.29. The van der Waals surface area contributed by atoms with Gasteiger partial charge in [-0.1, -0.05) is 27.7 Å². The second-order valence-electron chi connectivity index (χ2n) is 5.60. The molecule has 0 N–H and O–H groups in total. The second-order valence-corrected chi connectivity index (χ2v) is 6.68. The van der Waals surface area contributed by atoms with Crippen LogP contribution in [0.5, 0.6) is 0 Å². The van der Waals surface area contributed by atoms with Crippen molar-refractivity contribution < 1.29 is 4.79 Å². The Kier molecular flexibility index (Phi) is 2.50. The minimum absolute atomic E-state index is 0.165. The Balaban J connectivity index is 2.17. The van der Waals surface area contributed by atoms with Gasteiger partial charge in [0.1, 0.15) is 0 Å². The molecule has 1 nitrogen and oxygen atoms in total. The fourth-order valence-electron chi connectivity index (χ4n) is 1.74. The zero-order chi connectivity index (χ0) is 11.2. The summed E-state index contributed by atoms with van der Waals surface area (Å²) < 4.78 is 0. The monoisotopic (exact) mass is 222 g/mol. The van der Waals surface area contributed by atoms with E-state index in [9.17, 15) is 4.79 Å². The lowest BCUT2D eigenvalue weighted by Gasteiger charge is -2.15. The molecule has 2 unspecified atom stereocenters. The van der Waals surface area contributed by atoms with E-state index in [2.05, 4.69) is 33.8 Å². The van der Waals surface area contributed by atoms with E-state index in [1.54, 1.807) is 11.3 Å². The molecule has 1 heterocycles. The highest BCUT2D eigenvalue weighted by Gasteiger charge is 2.40. The number of carbonyl (C=O) groups is 1. The Morgan fingerprint density at radius 2 is 2.00 bits per heavy atom. The molecule has 0 radical (unpaired) electrons. The first-order valence-corrected chi connectivity index (χ1v) is 6.36. The summed E-state index contributed by atoms with van der Waals surface area (Å²) in [6.45, 7) is 8.72. The minimum Gasteiger partial charge on any atom is -0.293 e. The first kappa shape index (κ1) is 10.9. The molecule has 1 aliphatic rings. The van der Waals surface area contributed by atoms with Crippen LogP contribution >= 0.6 is 11.3 Å². The van der Waals surface area contributed by atoms with Crippen LogP contribution in [-0.4, -0.2) is 5.78 Å². The Morgan fingerprint density at radius 1 is 1.40 bits per heavy atom. The second kappa shape index (κ2) is 3.44. The lowest BCUT2D eigenvalue weighted by Crippen LogP contribution is -2.08. The number of hydrogen-bond donors (Lipinski definition) is 0. The molecular weight excluding hydrogens is 204 g/mol. The van der Waals surface area contributed by atoms with Crippen LogP contribution < -0.4 is 0 Å². The van der Waals surface area contributed by atoms with Gasteiger partial charge < -0.3 is 0 Å². The molecule has 1 fully saturated rings. The standard InChI is InChI=1S/C13H18OS/c1-8-7-9(8)12(14)10-5-6-11(15-10)13(2,3)4/h5-6,8-9H,7H2,1-4H3. The van der Waals surface area contributed by atoms with E-state index in [4.69, 9.17) is 0 Å². The molecule has 1 saturated carbocycles. The fraction of sp³-hybridized carbons (Fsp3) is 0.615. The summed E-state index contributed by atoms with van der Waals surface area (Å²) in [7, 11) is 0. The topological polar surface area (TPSA) is 17.1 Å². The quantitative estimate of drug-likeness (QED) is 0.694. The maximum Gasteiger partial charge on any atom is 0.176 e. The number of carbonyl (C=O) groups excluding carboxylic acids is 1. The van der Waals surface area contributed by atoms with Crippen molar-refractivity contribution >= 4 is 17.1 Å². The van der Waals surface area contributed by atoms with Crippen molar-refractivity contribution in [1.82, 2.24) is 0 Å². The van der Waals surface area contributed by atoms with Gasteiger partial charge in [-0.3, -0.25) is 4.79 Å². The van der Waals surface area contributed by atoms with Gasteiger partial charge in [0.15, 0.2) is 5.78 Å². The highest BCUT2D eigenvalue weighted by Crippen LogP contribution is 2.42. The Morgan fingerprint density at radius 3 is 2.40 bits per heavy atom. The van der Waals surface area contributed by atoms with E-state index in [1.807, 2.05) is 6.07 Å². The van der Waals surface area contributed by atoms with E-state index in [1.165, 1.54) is 4.88 Å². The first-order chi connectivity index (χ1) is 6.89. The molecule has 2 rings (SSSR count). The largest absolute Gasteiger partial charge is 0.293 e. The van der Waals surface area contributed by atoms with Crippen molar-refractivity contribution in [3.8, 4) is 0 Å². The van der Waals surface area contributed by atoms with Gasteiger partial charge in [-0.25, -0.2) is 0 Å². The SMILES string of the molecule is CC1CC1C(=O)c1ccc(C(C)(C)C)s1. The Labute approximate surface area is 95.5 Å². The molecule has 0 aromatic carbocycles. The van der Waals surface area contributed by atoms with Crippen molar-refractivity contribution in [1.29, 1.82) is 0 Å². The van der Waals surface area contributed by atoms with Crippen LogP contribution in [0.4, 0.5) is 0 Å². The smallest absolute Gasteiger partial charge is 0.176 e. The molecule has 0 bridgehead atoms. The van der Waals surface area contributed by atoms with Gasteiger partial charge in [0, 0.05) is 10.8 Å². The van der Waals surface area contributed by atoms with Crippen LogP contribution in [0.2, 0.25) is 0 Å². The molecule has 1 aromatic rings. The van der Waals surface area contributed by atoms with Crippen LogP contribution in [0.15, 0.2) is 12.1 Å². The molecule has 1 aliphatic carbocycles. The van der Waals surface area contributed by atoms with E-state index < -0.39 is 0 Å². The van der Waals surface area contributed by atoms with Crippen LogP contribution in [0.25, 0.3) is 0 Å². The maximum absolute atomic E-state index is 12.0. The molecule has 2 atom stereocenters. The fourth-order valence-corrected chi connectivity index (χ4v) is 2.81. The average Bonchev–Trinajstić information content (AvgIpc) is 2.68. The van der Waals surface area contributed by atoms with Crippen LogP contribution in [0.1, 0.15) is 48.7 Å². The van der Waals surface area contributed by atoms with Crippen molar-refractivity contribution in [2.24, 2.45) is 11.8 Å². The van der Waals surface area contributed by atoms with Gasteiger partial charge in [0.2, 0.25) is 0 Å². The summed E-state index contributed by atoms with van der Waals surface area (Å²) in [4.78, 5) is 14.2. The van der Waals surface area contributed by atoms with Crippen molar-refractivity contribution in [2.75, 3.05) is 0 Å². The molecular formula is C13H18OS. The van der Waals surface area contributed by atoms with Crippen molar-refractivity contribution in [2.45, 2.75) is 39.5 Å². The Bertz CT molecular complexity index is 383. The van der Waals surface area contributed by atoms with Gasteiger partial charge in [-0.05, 0) is 29.9 Å². The lowest BCUT2D eigenvalue weighted by molar-refractivity contribution is 0.0966. The van der Waals surface area contributed by atoms with Gasteiger partial charge >= 0.3 is 0 Å². The molecule has 15 heavy (non-hydrogen) atoms. The summed E-state index contributed by atoms with van der Waals surface area (Å²) >= 11 is 1.67. The number of thiophene rings is 1. The van der Waals surface area contributed by atoms with E-state index in [0.717, 1.165) is 11.3 Å². The van der Waals surface area contributed by atoms with Gasteiger partial charge in [-0.15, -0.1) is 11.3 Å². The van der Waals surface area contributed by atoms with Gasteiger partial charge in [-0.2, -0.15) is 0 Å². The molecule has 0 spiro atoms. The third-order valence-corrected chi connectivity index (χ3v) is 4.56. The number of ketones is 1. The lowest BCUT2D eigenvalue weighted by atomic mass is 9.95. The third kappa shape index (κ3) is 2.15. The molecule has 1 aromatic heterocycles. The summed E-state index contributed by atoms with van der Waals surface area (Å²) in [6.07, 6.45) is 1.08. The van der Waals surface area contributed by atoms with Gasteiger partial charge in [0.25, 0.3) is 0 Å². The van der Waals surface area contributed by atoms with E-state index >= 15 is 0 Å². The highest BCUT2D eigenvalue weighted by atomic mass is 32.1. The summed E-state index contributed by atoms with van der Waals surface area (Å²) in [5, 5.41) is 0. The number of Topliss-reactive ketones (excluding diaryl/α,β-unsaturated/α-hetero) is 1. The minimum atomic E-state index is 0.165. The normalized spacial score (nSPS) is 25.3. The Hall–Kier alpha value is -0.630. The van der Waals surface area contributed by atoms with E-state index in [-0.39, 0.29) is 5.41 Å². The van der Waals surface area contributed by atoms with Gasteiger partial charge in [0.05, 0.1) is 4.88 Å². The molecule has 0 saturated heterocycles. The van der Waals surface area contributed by atoms with Crippen LogP contribution in [0.3, 0.4) is 0 Å². The molecule has 0 aliphatic heterocycles. The molecule has 82 valence electrons. The van der Waals surface area contributed by atoms with Crippen LogP contribution in [0, 0.1) is 11.8 Å².